The van der Waals surface area contributed by atoms with Crippen molar-refractivity contribution in [2.45, 2.75) is 6.92 Å². The van der Waals surface area contributed by atoms with Crippen LogP contribution in [0.2, 0.25) is 0 Å². The summed E-state index contributed by atoms with van der Waals surface area (Å²) in [6.45, 7) is 1.80. The minimum Gasteiger partial charge on any atom is -0.320 e. The van der Waals surface area contributed by atoms with Gasteiger partial charge in [0.15, 0.2) is 11.6 Å². The maximum absolute atomic E-state index is 13.1. The molecule has 0 saturated carbocycles. The van der Waals surface area contributed by atoms with Gasteiger partial charge in [-0.15, -0.1) is 11.3 Å². The van der Waals surface area contributed by atoms with Gasteiger partial charge in [-0.1, -0.05) is 30.3 Å². The molecule has 1 aliphatic carbocycles. The van der Waals surface area contributed by atoms with Crippen molar-refractivity contribution >= 4 is 50.4 Å². The van der Waals surface area contributed by atoms with E-state index in [0.717, 1.165) is 0 Å². The number of ketones is 2. The Morgan fingerprint density at radius 2 is 1.65 bits per heavy atom. The Morgan fingerprint density at radius 1 is 1.00 bits per heavy atom. The van der Waals surface area contributed by atoms with Gasteiger partial charge in [0, 0.05) is 15.6 Å². The van der Waals surface area contributed by atoms with Crippen LogP contribution in [0.1, 0.15) is 47.1 Å². The van der Waals surface area contributed by atoms with Crippen LogP contribution in [0.3, 0.4) is 0 Å². The predicted molar refractivity (Wildman–Crippen MR) is 104 cm³/mol. The Hall–Kier alpha value is -2.57. The summed E-state index contributed by atoms with van der Waals surface area (Å²) in [5, 5.41) is 4.64. The largest absolute Gasteiger partial charge is 0.320 e. The lowest BCUT2D eigenvalue weighted by Crippen LogP contribution is -2.25. The molecule has 0 atom stereocenters. The third-order valence-electron chi connectivity index (χ3n) is 4.33. The average Bonchev–Trinajstić information content (AvgIpc) is 3.16. The number of thiophene rings is 1. The van der Waals surface area contributed by atoms with Crippen molar-refractivity contribution in [3.05, 3.63) is 85.0 Å². The summed E-state index contributed by atoms with van der Waals surface area (Å²) in [6.07, 6.45) is 0. The summed E-state index contributed by atoms with van der Waals surface area (Å²) in [4.78, 5) is 39.1. The highest BCUT2D eigenvalue weighted by atomic mass is 79.9. The first-order valence-corrected chi connectivity index (χ1v) is 9.52. The van der Waals surface area contributed by atoms with Gasteiger partial charge < -0.3 is 5.32 Å². The van der Waals surface area contributed by atoms with Crippen LogP contribution in [0.4, 0.5) is 5.69 Å². The summed E-state index contributed by atoms with van der Waals surface area (Å²) in [7, 11) is 0. The van der Waals surface area contributed by atoms with E-state index in [0.29, 0.717) is 37.3 Å². The number of halogens is 1. The molecule has 3 aromatic rings. The highest BCUT2D eigenvalue weighted by molar-refractivity contribution is 9.10. The van der Waals surface area contributed by atoms with E-state index in [9.17, 15) is 14.4 Å². The van der Waals surface area contributed by atoms with E-state index in [2.05, 4.69) is 21.2 Å². The van der Waals surface area contributed by atoms with Crippen LogP contribution < -0.4 is 5.32 Å². The number of amides is 1. The van der Waals surface area contributed by atoms with Crippen molar-refractivity contribution in [1.82, 2.24) is 0 Å². The number of rotatable bonds is 2. The van der Waals surface area contributed by atoms with E-state index in [1.165, 1.54) is 11.3 Å². The van der Waals surface area contributed by atoms with Gasteiger partial charge in [0.1, 0.15) is 0 Å². The van der Waals surface area contributed by atoms with Crippen LogP contribution in [0.25, 0.3) is 0 Å². The van der Waals surface area contributed by atoms with Crippen molar-refractivity contribution in [2.24, 2.45) is 0 Å². The van der Waals surface area contributed by atoms with E-state index in [1.54, 1.807) is 49.4 Å². The number of aryl methyl sites for hydroxylation is 1. The van der Waals surface area contributed by atoms with E-state index >= 15 is 0 Å². The maximum Gasteiger partial charge on any atom is 0.265 e. The number of hydrogen-bond donors (Lipinski definition) is 1. The van der Waals surface area contributed by atoms with Gasteiger partial charge in [0.25, 0.3) is 5.91 Å². The Balaban J connectivity index is 1.91. The van der Waals surface area contributed by atoms with Crippen LogP contribution in [-0.2, 0) is 0 Å². The highest BCUT2D eigenvalue weighted by Gasteiger charge is 2.34. The van der Waals surface area contributed by atoms with Crippen molar-refractivity contribution in [2.75, 3.05) is 5.32 Å². The van der Waals surface area contributed by atoms with Crippen LogP contribution in [0.5, 0.6) is 0 Å². The summed E-state index contributed by atoms with van der Waals surface area (Å²) in [6, 6.07) is 12.0. The third kappa shape index (κ3) is 2.53. The molecule has 1 amide bonds. The zero-order valence-electron chi connectivity index (χ0n) is 13.6. The minimum absolute atomic E-state index is 0.228. The van der Waals surface area contributed by atoms with Crippen molar-refractivity contribution in [3.63, 3.8) is 0 Å². The van der Waals surface area contributed by atoms with Crippen LogP contribution >= 0.6 is 27.3 Å². The monoisotopic (exact) mass is 425 g/mol. The highest BCUT2D eigenvalue weighted by Crippen LogP contribution is 2.38. The molecule has 0 saturated heterocycles. The Morgan fingerprint density at radius 3 is 2.27 bits per heavy atom. The molecule has 2 aromatic carbocycles. The Labute approximate surface area is 162 Å². The standard InChI is InChI=1S/C20H12BrNO3S/c1-10-9-13(21)15-16(17(10)22-20(25)14-7-4-8-26-14)19(24)12-6-3-2-5-11(12)18(15)23/h2-9H,1H3,(H,22,25). The van der Waals surface area contributed by atoms with Crippen molar-refractivity contribution in [1.29, 1.82) is 0 Å². The molecule has 0 spiro atoms. The molecule has 128 valence electrons. The average molecular weight is 426 g/mol. The fraction of sp³-hybridized carbons (Fsp3) is 0.0500. The summed E-state index contributed by atoms with van der Waals surface area (Å²) >= 11 is 4.72. The van der Waals surface area contributed by atoms with Gasteiger partial charge in [-0.3, -0.25) is 14.4 Å². The van der Waals surface area contributed by atoms with E-state index in [1.807, 2.05) is 5.38 Å². The summed E-state index contributed by atoms with van der Waals surface area (Å²) in [5.41, 5.74) is 2.36. The molecule has 1 aliphatic rings. The first kappa shape index (κ1) is 16.9. The van der Waals surface area contributed by atoms with Gasteiger partial charge in [-0.05, 0) is 45.9 Å². The smallest absolute Gasteiger partial charge is 0.265 e. The molecule has 26 heavy (non-hydrogen) atoms. The van der Waals surface area contributed by atoms with Crippen LogP contribution in [-0.4, -0.2) is 17.5 Å². The zero-order chi connectivity index (χ0) is 18.4. The SMILES string of the molecule is Cc1cc(Br)c2c(c1NC(=O)c1cccs1)C(=O)c1ccccc1C2=O. The first-order valence-electron chi connectivity index (χ1n) is 7.85. The molecule has 0 radical (unpaired) electrons. The number of anilines is 1. The van der Waals surface area contributed by atoms with Crippen LogP contribution in [0.15, 0.2) is 52.3 Å². The number of carbonyl (C=O) groups is 3. The number of hydrogen-bond acceptors (Lipinski definition) is 4. The molecule has 0 unspecified atom stereocenters. The molecule has 0 fully saturated rings. The second kappa shape index (κ2) is 6.30. The Kier molecular flexibility index (Phi) is 4.09. The van der Waals surface area contributed by atoms with Gasteiger partial charge in [-0.2, -0.15) is 0 Å². The molecule has 0 aliphatic heterocycles. The number of nitrogens with one attached hydrogen (secondary N) is 1. The van der Waals surface area contributed by atoms with Crippen LogP contribution in [0, 0.1) is 6.92 Å². The zero-order valence-corrected chi connectivity index (χ0v) is 16.0. The lowest BCUT2D eigenvalue weighted by Gasteiger charge is -2.23. The van der Waals surface area contributed by atoms with Gasteiger partial charge in [-0.25, -0.2) is 0 Å². The van der Waals surface area contributed by atoms with Crippen molar-refractivity contribution < 1.29 is 14.4 Å². The molecular formula is C20H12BrNO3S. The Bertz CT molecular complexity index is 1090. The molecule has 0 bridgehead atoms. The lowest BCUT2D eigenvalue weighted by atomic mass is 9.82. The fourth-order valence-electron chi connectivity index (χ4n) is 3.12. The van der Waals surface area contributed by atoms with Gasteiger partial charge in [0.05, 0.1) is 21.7 Å². The second-order valence-corrected chi connectivity index (χ2v) is 7.74. The molecule has 6 heteroatoms. The lowest BCUT2D eigenvalue weighted by molar-refractivity contribution is 0.0978. The molecular weight excluding hydrogens is 414 g/mol. The number of carbonyl (C=O) groups excluding carboxylic acids is 3. The quantitative estimate of drug-likeness (QED) is 0.499. The molecule has 1 heterocycles. The fourth-order valence-corrected chi connectivity index (χ4v) is 4.46. The second-order valence-electron chi connectivity index (χ2n) is 5.94. The maximum atomic E-state index is 13.1. The molecule has 4 rings (SSSR count). The van der Waals surface area contributed by atoms with E-state index in [4.69, 9.17) is 0 Å². The minimum atomic E-state index is -0.299. The molecule has 1 N–H and O–H groups in total. The number of fused-ring (bicyclic) bond motifs is 2. The van der Waals surface area contributed by atoms with Gasteiger partial charge >= 0.3 is 0 Å². The van der Waals surface area contributed by atoms with Gasteiger partial charge in [0.2, 0.25) is 0 Å². The summed E-state index contributed by atoms with van der Waals surface area (Å²) < 4.78 is 0.548. The van der Waals surface area contributed by atoms with Crippen molar-refractivity contribution in [3.8, 4) is 0 Å². The van der Waals surface area contributed by atoms with E-state index in [-0.39, 0.29) is 23.0 Å². The molecule has 1 aromatic heterocycles. The topological polar surface area (TPSA) is 63.2 Å². The molecule has 4 nitrogen and oxygen atoms in total. The predicted octanol–water partition coefficient (Wildman–Crippen LogP) is 4.85. The normalized spacial score (nSPS) is 12.5. The summed E-state index contributed by atoms with van der Waals surface area (Å²) in [5.74, 6) is -0.790. The first-order chi connectivity index (χ1) is 12.5. The third-order valence-corrected chi connectivity index (χ3v) is 5.82. The number of benzene rings is 2. The van der Waals surface area contributed by atoms with E-state index < -0.39 is 0 Å².